The van der Waals surface area contributed by atoms with Crippen molar-refractivity contribution in [3.05, 3.63) is 132 Å². The molecule has 1 aromatic heterocycles. The van der Waals surface area contributed by atoms with Gasteiger partial charge in [-0.05, 0) is 48.0 Å². The molecule has 5 aromatic rings. The Morgan fingerprint density at radius 3 is 2.27 bits per heavy atom. The predicted octanol–water partition coefficient (Wildman–Crippen LogP) is 6.65. The van der Waals surface area contributed by atoms with Crippen LogP contribution in [0.3, 0.4) is 0 Å². The Morgan fingerprint density at radius 2 is 1.50 bits per heavy atom. The van der Waals surface area contributed by atoms with E-state index in [1.54, 1.807) is 23.2 Å². The van der Waals surface area contributed by atoms with Crippen LogP contribution in [-0.4, -0.2) is 30.1 Å². The third-order valence-electron chi connectivity index (χ3n) is 6.89. The first-order valence-corrected chi connectivity index (χ1v) is 13.0. The first kappa shape index (κ1) is 25.1. The van der Waals surface area contributed by atoms with Crippen LogP contribution in [0.4, 0.5) is 10.1 Å². The second-order valence-electron chi connectivity index (χ2n) is 9.33. The molecule has 6 heteroatoms. The number of benzene rings is 4. The molecule has 0 bridgehead atoms. The molecule has 40 heavy (non-hydrogen) atoms. The van der Waals surface area contributed by atoms with E-state index in [0.717, 1.165) is 5.39 Å². The van der Waals surface area contributed by atoms with Gasteiger partial charge in [0.05, 0.1) is 29.3 Å². The highest BCUT2D eigenvalue weighted by Gasteiger charge is 2.42. The number of ether oxygens (including phenoxy) is 2. The maximum absolute atomic E-state index is 15.3. The fraction of sp³-hybridized carbons (Fsp3) is 0.118. The van der Waals surface area contributed by atoms with Crippen LogP contribution in [0, 0.1) is 17.7 Å². The molecular weight excluding hydrogens is 503 g/mol. The monoisotopic (exact) mass is 528 g/mol. The summed E-state index contributed by atoms with van der Waals surface area (Å²) in [6.45, 7) is 0.305. The number of nitrogens with zero attached hydrogens (tertiary/aromatic N) is 2. The van der Waals surface area contributed by atoms with Crippen LogP contribution in [0.15, 0.2) is 115 Å². The summed E-state index contributed by atoms with van der Waals surface area (Å²) in [6, 6.07) is 32.2. The van der Waals surface area contributed by atoms with Crippen molar-refractivity contribution < 1.29 is 18.7 Å². The Labute approximate surface area is 231 Å². The average Bonchev–Trinajstić information content (AvgIpc) is 3.00. The number of fused-ring (bicyclic) bond motifs is 2. The van der Waals surface area contributed by atoms with E-state index >= 15 is 4.39 Å². The van der Waals surface area contributed by atoms with Crippen molar-refractivity contribution in [3.8, 4) is 23.3 Å². The van der Waals surface area contributed by atoms with Gasteiger partial charge in [-0.1, -0.05) is 78.6 Å². The number of para-hydroxylation sites is 3. The molecule has 2 heterocycles. The Hall–Kier alpha value is -5.15. The van der Waals surface area contributed by atoms with Gasteiger partial charge in [-0.25, -0.2) is 4.39 Å². The summed E-state index contributed by atoms with van der Waals surface area (Å²) in [7, 11) is 0. The summed E-state index contributed by atoms with van der Waals surface area (Å²) in [5.41, 5.74) is 1.78. The van der Waals surface area contributed by atoms with Gasteiger partial charge in [-0.3, -0.25) is 14.7 Å². The van der Waals surface area contributed by atoms with Gasteiger partial charge >= 0.3 is 0 Å². The molecule has 1 aliphatic heterocycles. The zero-order valence-electron chi connectivity index (χ0n) is 21.5. The first-order valence-electron chi connectivity index (χ1n) is 13.0. The topological polar surface area (TPSA) is 51.7 Å². The summed E-state index contributed by atoms with van der Waals surface area (Å²) < 4.78 is 27.3. The maximum atomic E-state index is 15.3. The molecule has 1 amide bonds. The molecule has 0 radical (unpaired) electrons. The van der Waals surface area contributed by atoms with Gasteiger partial charge in [0.1, 0.15) is 30.0 Å². The average molecular weight is 529 g/mol. The van der Waals surface area contributed by atoms with E-state index in [9.17, 15) is 4.79 Å². The van der Waals surface area contributed by atoms with E-state index in [1.165, 1.54) is 6.07 Å². The predicted molar refractivity (Wildman–Crippen MR) is 153 cm³/mol. The van der Waals surface area contributed by atoms with Crippen LogP contribution in [-0.2, 0) is 0 Å². The summed E-state index contributed by atoms with van der Waals surface area (Å²) in [5.74, 6) is 6.27. The SMILES string of the molecule is O=C1c2c(F)cccc2C(COc2ccccc2)C(C#CCOc2ccccc2)N1c1cccc2cccnc12. The number of amides is 1. The highest BCUT2D eigenvalue weighted by Crippen LogP contribution is 2.39. The Kier molecular flexibility index (Phi) is 7.11. The zero-order chi connectivity index (χ0) is 27.3. The number of pyridine rings is 1. The van der Waals surface area contributed by atoms with Gasteiger partial charge in [0.25, 0.3) is 5.91 Å². The number of aromatic nitrogens is 1. The van der Waals surface area contributed by atoms with Gasteiger partial charge in [0.2, 0.25) is 0 Å². The number of halogens is 1. The Morgan fingerprint density at radius 1 is 0.800 bits per heavy atom. The van der Waals surface area contributed by atoms with Crippen molar-refractivity contribution in [2.24, 2.45) is 0 Å². The lowest BCUT2D eigenvalue weighted by atomic mass is 9.82. The molecule has 5 nitrogen and oxygen atoms in total. The summed E-state index contributed by atoms with van der Waals surface area (Å²) >= 11 is 0. The molecule has 196 valence electrons. The minimum Gasteiger partial charge on any atom is -0.493 e. The molecule has 4 aromatic carbocycles. The van der Waals surface area contributed by atoms with Crippen molar-refractivity contribution in [1.29, 1.82) is 0 Å². The van der Waals surface area contributed by atoms with E-state index in [0.29, 0.717) is 28.3 Å². The van der Waals surface area contributed by atoms with Crippen LogP contribution in [0.2, 0.25) is 0 Å². The molecular formula is C34H25FN2O3. The Balaban J connectivity index is 1.46. The second kappa shape index (κ2) is 11.3. The number of hydrogen-bond acceptors (Lipinski definition) is 4. The van der Waals surface area contributed by atoms with Crippen LogP contribution in [0.5, 0.6) is 11.5 Å². The zero-order valence-corrected chi connectivity index (χ0v) is 21.5. The van der Waals surface area contributed by atoms with E-state index in [2.05, 4.69) is 16.8 Å². The number of hydrogen-bond donors (Lipinski definition) is 0. The highest BCUT2D eigenvalue weighted by atomic mass is 19.1. The minimum atomic E-state index is -0.669. The smallest absolute Gasteiger partial charge is 0.262 e. The quantitative estimate of drug-likeness (QED) is 0.232. The van der Waals surface area contributed by atoms with Gasteiger partial charge in [-0.2, -0.15) is 0 Å². The molecule has 0 aliphatic carbocycles. The number of rotatable bonds is 6. The lowest BCUT2D eigenvalue weighted by Gasteiger charge is -2.39. The number of carbonyl (C=O) groups excluding carboxylic acids is 1. The van der Waals surface area contributed by atoms with Crippen LogP contribution < -0.4 is 14.4 Å². The molecule has 0 saturated heterocycles. The van der Waals surface area contributed by atoms with Crippen LogP contribution in [0.1, 0.15) is 21.8 Å². The maximum Gasteiger partial charge on any atom is 0.262 e. The molecule has 0 N–H and O–H groups in total. The number of carbonyl (C=O) groups is 1. The molecule has 1 aliphatic rings. The highest BCUT2D eigenvalue weighted by molar-refractivity contribution is 6.13. The van der Waals surface area contributed by atoms with Crippen molar-refractivity contribution >= 4 is 22.5 Å². The van der Waals surface area contributed by atoms with Gasteiger partial charge < -0.3 is 9.47 Å². The third-order valence-corrected chi connectivity index (χ3v) is 6.89. The van der Waals surface area contributed by atoms with E-state index in [1.807, 2.05) is 91.0 Å². The molecule has 6 rings (SSSR count). The van der Waals surface area contributed by atoms with Gasteiger partial charge in [0, 0.05) is 11.6 Å². The molecule has 2 atom stereocenters. The molecule has 0 spiro atoms. The minimum absolute atomic E-state index is 0.0238. The summed E-state index contributed by atoms with van der Waals surface area (Å²) in [4.78, 5) is 20.2. The van der Waals surface area contributed by atoms with Crippen molar-refractivity contribution in [2.75, 3.05) is 18.1 Å². The van der Waals surface area contributed by atoms with Crippen LogP contribution in [0.25, 0.3) is 10.9 Å². The van der Waals surface area contributed by atoms with E-state index in [-0.39, 0.29) is 18.8 Å². The molecule has 0 fully saturated rings. The molecule has 0 saturated carbocycles. The second-order valence-corrected chi connectivity index (χ2v) is 9.33. The lowest BCUT2D eigenvalue weighted by Crippen LogP contribution is -2.50. The fourth-order valence-corrected chi connectivity index (χ4v) is 5.05. The van der Waals surface area contributed by atoms with Crippen LogP contribution >= 0.6 is 0 Å². The standard InChI is InChI=1S/C34H25FN2O3/c35-29-18-8-17-27-28(23-40-26-15-5-2-6-16-26)30(20-10-22-39-25-13-3-1-4-14-25)37(34(38)32(27)29)31-19-7-11-24-12-9-21-36-33(24)31/h1-9,11-19,21,28,30H,22-23H2. The Bertz CT molecular complexity index is 1710. The summed E-state index contributed by atoms with van der Waals surface area (Å²) in [5, 5.41) is 0.864. The van der Waals surface area contributed by atoms with Crippen molar-refractivity contribution in [3.63, 3.8) is 0 Å². The fourth-order valence-electron chi connectivity index (χ4n) is 5.05. The number of anilines is 1. The van der Waals surface area contributed by atoms with Gasteiger partial charge in [0.15, 0.2) is 0 Å². The normalized spacial score (nSPS) is 16.1. The van der Waals surface area contributed by atoms with Gasteiger partial charge in [-0.15, -0.1) is 0 Å². The summed E-state index contributed by atoms with van der Waals surface area (Å²) in [6.07, 6.45) is 1.68. The van der Waals surface area contributed by atoms with E-state index in [4.69, 9.17) is 9.47 Å². The first-order chi connectivity index (χ1) is 19.7. The third kappa shape index (κ3) is 4.97. The van der Waals surface area contributed by atoms with E-state index < -0.39 is 23.7 Å². The molecule has 2 unspecified atom stereocenters. The van der Waals surface area contributed by atoms with Crippen molar-refractivity contribution in [2.45, 2.75) is 12.0 Å². The lowest BCUT2D eigenvalue weighted by molar-refractivity contribution is 0.0958. The largest absolute Gasteiger partial charge is 0.493 e. The van der Waals surface area contributed by atoms with Crippen molar-refractivity contribution in [1.82, 2.24) is 4.98 Å².